The minimum absolute atomic E-state index is 0.122. The topological polar surface area (TPSA) is 95.9 Å². The lowest BCUT2D eigenvalue weighted by Crippen LogP contribution is -2.49. The van der Waals surface area contributed by atoms with Crippen LogP contribution in [-0.4, -0.2) is 81.8 Å². The van der Waals surface area contributed by atoms with Gasteiger partial charge in [0.1, 0.15) is 0 Å². The molecule has 2 fully saturated rings. The van der Waals surface area contributed by atoms with Crippen molar-refractivity contribution in [2.24, 2.45) is 5.41 Å². The number of imide groups is 1. The van der Waals surface area contributed by atoms with Crippen molar-refractivity contribution in [3.8, 4) is 5.88 Å². The summed E-state index contributed by atoms with van der Waals surface area (Å²) < 4.78 is 5.48. The molecule has 4 heterocycles. The number of nitrogens with zero attached hydrogens (tertiary/aromatic N) is 5. The molecular weight excluding hydrogens is 470 g/mol. The first-order chi connectivity index (χ1) is 17.7. The molecule has 9 heteroatoms. The molecule has 2 aliphatic rings. The molecule has 0 unspecified atom stereocenters. The van der Waals surface area contributed by atoms with Crippen molar-refractivity contribution in [1.82, 2.24) is 24.7 Å². The van der Waals surface area contributed by atoms with Gasteiger partial charge in [0.05, 0.1) is 0 Å². The molecule has 0 bridgehead atoms. The standard InChI is InChI=1S/C28H37N5O4/c1-21-6-4-7-23(30-21)8-5-12-31-14-16-32(17-15-31)27(36)37-24-10-9-22(20-29-24)11-13-33-25(34)18-28(2,3)19-26(33)35/h4,6-7,9-10,20H,5,8,11-19H2,1-3H3. The number of hydrogen-bond donors (Lipinski definition) is 0. The molecule has 0 N–H and O–H groups in total. The fourth-order valence-corrected chi connectivity index (χ4v) is 4.85. The Morgan fingerprint density at radius 1 is 0.973 bits per heavy atom. The summed E-state index contributed by atoms with van der Waals surface area (Å²) in [5.74, 6) is -0.00000471. The van der Waals surface area contributed by atoms with Crippen molar-refractivity contribution < 1.29 is 19.1 Å². The summed E-state index contributed by atoms with van der Waals surface area (Å²) in [4.78, 5) is 51.5. The van der Waals surface area contributed by atoms with E-state index in [1.807, 2.05) is 39.0 Å². The largest absolute Gasteiger partial charge is 0.416 e. The van der Waals surface area contributed by atoms with Gasteiger partial charge in [-0.05, 0) is 55.8 Å². The number of likely N-dealkylation sites (tertiary alicyclic amines) is 1. The maximum atomic E-state index is 12.6. The highest BCUT2D eigenvalue weighted by molar-refractivity contribution is 5.98. The lowest BCUT2D eigenvalue weighted by atomic mass is 9.81. The van der Waals surface area contributed by atoms with Gasteiger partial charge in [-0.25, -0.2) is 9.78 Å². The highest BCUT2D eigenvalue weighted by Gasteiger charge is 2.37. The highest BCUT2D eigenvalue weighted by atomic mass is 16.6. The van der Waals surface area contributed by atoms with Crippen molar-refractivity contribution in [2.75, 3.05) is 39.3 Å². The Morgan fingerprint density at radius 2 is 1.70 bits per heavy atom. The van der Waals surface area contributed by atoms with Gasteiger partial charge in [0.25, 0.3) is 0 Å². The Balaban J connectivity index is 1.16. The van der Waals surface area contributed by atoms with Crippen LogP contribution in [0, 0.1) is 12.3 Å². The molecule has 2 aromatic rings. The predicted octanol–water partition coefficient (Wildman–Crippen LogP) is 3.25. The molecule has 0 aliphatic carbocycles. The number of aromatic nitrogens is 2. The average Bonchev–Trinajstić information content (AvgIpc) is 2.84. The number of hydrogen-bond acceptors (Lipinski definition) is 7. The van der Waals surface area contributed by atoms with Gasteiger partial charge in [-0.1, -0.05) is 26.0 Å². The zero-order valence-electron chi connectivity index (χ0n) is 22.1. The van der Waals surface area contributed by atoms with Gasteiger partial charge in [0.2, 0.25) is 17.7 Å². The molecule has 0 spiro atoms. The van der Waals surface area contributed by atoms with Crippen molar-refractivity contribution in [3.05, 3.63) is 53.5 Å². The molecule has 2 saturated heterocycles. The molecule has 2 aliphatic heterocycles. The van der Waals surface area contributed by atoms with Gasteiger partial charge in [0.15, 0.2) is 0 Å². The third-order valence-corrected chi connectivity index (χ3v) is 6.96. The molecule has 0 atom stereocenters. The quantitative estimate of drug-likeness (QED) is 0.506. The summed E-state index contributed by atoms with van der Waals surface area (Å²) in [6, 6.07) is 9.60. The first kappa shape index (κ1) is 26.7. The molecule has 3 amide bonds. The average molecular weight is 508 g/mol. The lowest BCUT2D eigenvalue weighted by Gasteiger charge is -2.34. The van der Waals surface area contributed by atoms with E-state index >= 15 is 0 Å². The molecule has 0 saturated carbocycles. The number of piperazine rings is 1. The van der Waals surface area contributed by atoms with Gasteiger partial charge in [-0.3, -0.25) is 24.4 Å². The van der Waals surface area contributed by atoms with Crippen LogP contribution in [0.4, 0.5) is 4.79 Å². The monoisotopic (exact) mass is 507 g/mol. The summed E-state index contributed by atoms with van der Waals surface area (Å²) in [5.41, 5.74) is 2.77. The van der Waals surface area contributed by atoms with Gasteiger partial charge >= 0.3 is 6.09 Å². The van der Waals surface area contributed by atoms with Gasteiger partial charge < -0.3 is 9.64 Å². The van der Waals surface area contributed by atoms with E-state index in [9.17, 15) is 14.4 Å². The zero-order chi connectivity index (χ0) is 26.4. The molecular formula is C28H37N5O4. The summed E-state index contributed by atoms with van der Waals surface area (Å²) in [5, 5.41) is 0. The predicted molar refractivity (Wildman–Crippen MR) is 139 cm³/mol. The number of ether oxygens (including phenoxy) is 1. The second-order valence-electron chi connectivity index (χ2n) is 10.8. The maximum Gasteiger partial charge on any atom is 0.416 e. The number of carbonyl (C=O) groups is 3. The number of rotatable bonds is 8. The van der Waals surface area contributed by atoms with Crippen LogP contribution in [0.15, 0.2) is 36.5 Å². The number of carbonyl (C=O) groups excluding carboxylic acids is 3. The Bertz CT molecular complexity index is 1090. The van der Waals surface area contributed by atoms with E-state index in [-0.39, 0.29) is 23.1 Å². The van der Waals surface area contributed by atoms with Crippen LogP contribution in [0.5, 0.6) is 5.88 Å². The third kappa shape index (κ3) is 7.58. The zero-order valence-corrected chi connectivity index (χ0v) is 22.1. The van der Waals surface area contributed by atoms with E-state index in [0.717, 1.165) is 49.4 Å². The van der Waals surface area contributed by atoms with Crippen LogP contribution in [0.25, 0.3) is 0 Å². The Morgan fingerprint density at radius 3 is 2.35 bits per heavy atom. The third-order valence-electron chi connectivity index (χ3n) is 6.96. The molecule has 4 rings (SSSR count). The molecule has 9 nitrogen and oxygen atoms in total. The van der Waals surface area contributed by atoms with Crippen molar-refractivity contribution in [2.45, 2.75) is 52.9 Å². The Hall–Kier alpha value is -3.33. The minimum Gasteiger partial charge on any atom is -0.391 e. The van der Waals surface area contributed by atoms with Gasteiger partial charge in [0, 0.05) is 69.2 Å². The molecule has 2 aromatic heterocycles. The lowest BCUT2D eigenvalue weighted by molar-refractivity contribution is -0.152. The van der Waals surface area contributed by atoms with Crippen molar-refractivity contribution in [1.29, 1.82) is 0 Å². The van der Waals surface area contributed by atoms with Crippen LogP contribution >= 0.6 is 0 Å². The number of amides is 3. The maximum absolute atomic E-state index is 12.6. The van der Waals surface area contributed by atoms with Crippen LogP contribution in [0.3, 0.4) is 0 Å². The van der Waals surface area contributed by atoms with E-state index in [0.29, 0.717) is 38.9 Å². The second kappa shape index (κ2) is 11.8. The Labute approximate surface area is 218 Å². The van der Waals surface area contributed by atoms with Gasteiger partial charge in [-0.15, -0.1) is 0 Å². The fourth-order valence-electron chi connectivity index (χ4n) is 4.85. The van der Waals surface area contributed by atoms with Crippen LogP contribution in [0.1, 0.15) is 50.1 Å². The summed E-state index contributed by atoms with van der Waals surface area (Å²) in [6.45, 7) is 10.1. The van der Waals surface area contributed by atoms with E-state index in [2.05, 4.69) is 20.9 Å². The first-order valence-corrected chi connectivity index (χ1v) is 13.1. The summed E-state index contributed by atoms with van der Waals surface area (Å²) in [7, 11) is 0. The highest BCUT2D eigenvalue weighted by Crippen LogP contribution is 2.31. The number of piperidine rings is 1. The van der Waals surface area contributed by atoms with Crippen LogP contribution < -0.4 is 4.74 Å². The molecule has 37 heavy (non-hydrogen) atoms. The van der Waals surface area contributed by atoms with Gasteiger partial charge in [-0.2, -0.15) is 0 Å². The normalized spacial score (nSPS) is 18.2. The van der Waals surface area contributed by atoms with E-state index in [1.54, 1.807) is 17.2 Å². The summed E-state index contributed by atoms with van der Waals surface area (Å²) >= 11 is 0. The van der Waals surface area contributed by atoms with Crippen molar-refractivity contribution in [3.63, 3.8) is 0 Å². The minimum atomic E-state index is -0.393. The van der Waals surface area contributed by atoms with Crippen LogP contribution in [-0.2, 0) is 22.4 Å². The van der Waals surface area contributed by atoms with Crippen LogP contribution in [0.2, 0.25) is 0 Å². The molecule has 0 aromatic carbocycles. The first-order valence-electron chi connectivity index (χ1n) is 13.1. The smallest absolute Gasteiger partial charge is 0.391 e. The van der Waals surface area contributed by atoms with E-state index < -0.39 is 6.09 Å². The molecule has 0 radical (unpaired) electrons. The van der Waals surface area contributed by atoms with E-state index in [4.69, 9.17) is 4.74 Å². The second-order valence-corrected chi connectivity index (χ2v) is 10.8. The van der Waals surface area contributed by atoms with E-state index in [1.165, 1.54) is 4.90 Å². The van der Waals surface area contributed by atoms with Crippen molar-refractivity contribution >= 4 is 17.9 Å². The Kier molecular flexibility index (Phi) is 8.53. The SMILES string of the molecule is Cc1cccc(CCCN2CCN(C(=O)Oc3ccc(CCN4C(=O)CC(C)(C)CC4=O)cn3)CC2)n1. The number of pyridine rings is 2. The summed E-state index contributed by atoms with van der Waals surface area (Å²) in [6.07, 6.45) is 4.50. The fraction of sp³-hybridized carbons (Fsp3) is 0.536. The molecule has 198 valence electrons. The number of aryl methyl sites for hydroxylation is 2.